The standard InChI is InChI=1S/C16H18O3/c1-11-10-12(15(17)18)8-9-16(11,2)13-6-4-5-7-14(13)19-3/h4-10,12H,1-3H3,(H,17,18). The molecule has 0 amide bonds. The number of rotatable bonds is 3. The Balaban J connectivity index is 2.47. The molecule has 3 heteroatoms. The Morgan fingerprint density at radius 1 is 1.37 bits per heavy atom. The van der Waals surface area contributed by atoms with Crippen molar-refractivity contribution in [3.63, 3.8) is 0 Å². The summed E-state index contributed by atoms with van der Waals surface area (Å²) in [6.45, 7) is 4.04. The van der Waals surface area contributed by atoms with Crippen LogP contribution in [0.1, 0.15) is 19.4 Å². The lowest BCUT2D eigenvalue weighted by Gasteiger charge is -2.33. The normalized spacial score (nSPS) is 25.8. The van der Waals surface area contributed by atoms with Crippen LogP contribution in [0.25, 0.3) is 0 Å². The Kier molecular flexibility index (Phi) is 3.47. The molecule has 2 atom stereocenters. The van der Waals surface area contributed by atoms with Gasteiger partial charge in [-0.15, -0.1) is 0 Å². The monoisotopic (exact) mass is 258 g/mol. The molecule has 2 unspecified atom stereocenters. The zero-order valence-electron chi connectivity index (χ0n) is 11.4. The lowest BCUT2D eigenvalue weighted by atomic mass is 9.72. The zero-order chi connectivity index (χ0) is 14.0. The second-order valence-corrected chi connectivity index (χ2v) is 4.98. The number of ether oxygens (including phenoxy) is 1. The van der Waals surface area contributed by atoms with Crippen LogP contribution < -0.4 is 4.74 Å². The molecule has 0 aliphatic heterocycles. The number of aliphatic carboxylic acids is 1. The zero-order valence-corrected chi connectivity index (χ0v) is 11.4. The summed E-state index contributed by atoms with van der Waals surface area (Å²) in [4.78, 5) is 11.1. The quantitative estimate of drug-likeness (QED) is 0.847. The molecule has 0 aromatic heterocycles. The van der Waals surface area contributed by atoms with Gasteiger partial charge in [0.05, 0.1) is 13.0 Å². The summed E-state index contributed by atoms with van der Waals surface area (Å²) in [7, 11) is 1.65. The topological polar surface area (TPSA) is 46.5 Å². The van der Waals surface area contributed by atoms with Gasteiger partial charge < -0.3 is 9.84 Å². The molecule has 0 heterocycles. The third-order valence-corrected chi connectivity index (χ3v) is 3.84. The van der Waals surface area contributed by atoms with Gasteiger partial charge in [0, 0.05) is 11.0 Å². The van der Waals surface area contributed by atoms with E-state index in [9.17, 15) is 4.79 Å². The van der Waals surface area contributed by atoms with E-state index >= 15 is 0 Å². The minimum atomic E-state index is -0.822. The van der Waals surface area contributed by atoms with Crippen LogP contribution >= 0.6 is 0 Å². The van der Waals surface area contributed by atoms with Gasteiger partial charge in [0.2, 0.25) is 0 Å². The highest BCUT2D eigenvalue weighted by Gasteiger charge is 2.32. The summed E-state index contributed by atoms with van der Waals surface area (Å²) in [5.74, 6) is -0.545. The first-order valence-corrected chi connectivity index (χ1v) is 6.23. The Hall–Kier alpha value is -2.03. The number of hydrogen-bond donors (Lipinski definition) is 1. The highest BCUT2D eigenvalue weighted by atomic mass is 16.5. The van der Waals surface area contributed by atoms with Gasteiger partial charge in [-0.1, -0.05) is 42.0 Å². The average Bonchev–Trinajstić information content (AvgIpc) is 2.41. The highest BCUT2D eigenvalue weighted by molar-refractivity contribution is 5.75. The van der Waals surface area contributed by atoms with Gasteiger partial charge in [0.1, 0.15) is 5.75 Å². The molecule has 2 rings (SSSR count). The molecule has 1 aromatic rings. The van der Waals surface area contributed by atoms with Crippen molar-refractivity contribution < 1.29 is 14.6 Å². The molecule has 0 radical (unpaired) electrons. The van der Waals surface area contributed by atoms with Gasteiger partial charge in [0.15, 0.2) is 0 Å². The van der Waals surface area contributed by atoms with E-state index in [0.717, 1.165) is 16.9 Å². The van der Waals surface area contributed by atoms with E-state index in [0.29, 0.717) is 0 Å². The SMILES string of the molecule is COc1ccccc1C1(C)C=CC(C(=O)O)C=C1C. The van der Waals surface area contributed by atoms with Crippen LogP contribution in [-0.2, 0) is 10.2 Å². The minimum Gasteiger partial charge on any atom is -0.496 e. The summed E-state index contributed by atoms with van der Waals surface area (Å²) >= 11 is 0. The largest absolute Gasteiger partial charge is 0.496 e. The highest BCUT2D eigenvalue weighted by Crippen LogP contribution is 2.41. The van der Waals surface area contributed by atoms with E-state index in [1.54, 1.807) is 19.3 Å². The maximum atomic E-state index is 11.1. The van der Waals surface area contributed by atoms with E-state index in [2.05, 4.69) is 6.92 Å². The van der Waals surface area contributed by atoms with Crippen molar-refractivity contribution in [2.24, 2.45) is 5.92 Å². The molecular weight excluding hydrogens is 240 g/mol. The van der Waals surface area contributed by atoms with Crippen LogP contribution in [0, 0.1) is 5.92 Å². The van der Waals surface area contributed by atoms with Gasteiger partial charge >= 0.3 is 5.97 Å². The predicted octanol–water partition coefficient (Wildman–Crippen LogP) is 3.17. The van der Waals surface area contributed by atoms with E-state index < -0.39 is 11.9 Å². The maximum Gasteiger partial charge on any atom is 0.314 e. The number of benzene rings is 1. The van der Waals surface area contributed by atoms with Gasteiger partial charge in [-0.25, -0.2) is 0 Å². The summed E-state index contributed by atoms with van der Waals surface area (Å²) in [5.41, 5.74) is 1.75. The third kappa shape index (κ3) is 2.28. The van der Waals surface area contributed by atoms with Crippen molar-refractivity contribution in [3.05, 3.63) is 53.6 Å². The Bertz CT molecular complexity index is 557. The van der Waals surface area contributed by atoms with E-state index in [1.165, 1.54) is 0 Å². The van der Waals surface area contributed by atoms with Crippen molar-refractivity contribution in [3.8, 4) is 5.75 Å². The van der Waals surface area contributed by atoms with Crippen LogP contribution in [0.5, 0.6) is 5.75 Å². The summed E-state index contributed by atoms with van der Waals surface area (Å²) in [6, 6.07) is 7.83. The Morgan fingerprint density at radius 2 is 2.05 bits per heavy atom. The number of carboxylic acid groups (broad SMARTS) is 1. The molecule has 0 bridgehead atoms. The van der Waals surface area contributed by atoms with Crippen molar-refractivity contribution in [2.75, 3.05) is 7.11 Å². The van der Waals surface area contributed by atoms with Crippen molar-refractivity contribution >= 4 is 5.97 Å². The first kappa shape index (κ1) is 13.4. The van der Waals surface area contributed by atoms with Crippen LogP contribution in [0.4, 0.5) is 0 Å². The van der Waals surface area contributed by atoms with Crippen LogP contribution in [0.15, 0.2) is 48.1 Å². The molecule has 3 nitrogen and oxygen atoms in total. The molecule has 1 aliphatic rings. The predicted molar refractivity (Wildman–Crippen MR) is 74.4 cm³/mol. The second kappa shape index (κ2) is 4.92. The first-order valence-electron chi connectivity index (χ1n) is 6.23. The van der Waals surface area contributed by atoms with Crippen molar-refractivity contribution in [2.45, 2.75) is 19.3 Å². The van der Waals surface area contributed by atoms with Crippen LogP contribution in [-0.4, -0.2) is 18.2 Å². The molecule has 100 valence electrons. The number of carboxylic acids is 1. The minimum absolute atomic E-state index is 0.321. The van der Waals surface area contributed by atoms with Crippen molar-refractivity contribution in [1.82, 2.24) is 0 Å². The molecule has 0 saturated heterocycles. The third-order valence-electron chi connectivity index (χ3n) is 3.84. The van der Waals surface area contributed by atoms with E-state index in [4.69, 9.17) is 9.84 Å². The first-order chi connectivity index (χ1) is 8.99. The smallest absolute Gasteiger partial charge is 0.314 e. The van der Waals surface area contributed by atoms with Gasteiger partial charge in [-0.05, 0) is 19.9 Å². The molecular formula is C16H18O3. The molecule has 1 aliphatic carbocycles. The number of methoxy groups -OCH3 is 1. The molecule has 1 aromatic carbocycles. The van der Waals surface area contributed by atoms with E-state index in [1.807, 2.05) is 37.3 Å². The van der Waals surface area contributed by atoms with Crippen molar-refractivity contribution in [1.29, 1.82) is 0 Å². The molecule has 1 N–H and O–H groups in total. The van der Waals surface area contributed by atoms with Crippen LogP contribution in [0.2, 0.25) is 0 Å². The summed E-state index contributed by atoms with van der Waals surface area (Å²) < 4.78 is 5.41. The van der Waals surface area contributed by atoms with Crippen LogP contribution in [0.3, 0.4) is 0 Å². The number of carbonyl (C=O) groups is 1. The molecule has 0 spiro atoms. The molecule has 0 fully saturated rings. The summed E-state index contributed by atoms with van der Waals surface area (Å²) in [6.07, 6.45) is 5.50. The Labute approximate surface area is 113 Å². The summed E-state index contributed by atoms with van der Waals surface area (Å²) in [5, 5.41) is 9.08. The van der Waals surface area contributed by atoms with Gasteiger partial charge in [-0.3, -0.25) is 4.79 Å². The average molecular weight is 258 g/mol. The second-order valence-electron chi connectivity index (χ2n) is 4.98. The lowest BCUT2D eigenvalue weighted by molar-refractivity contribution is -0.138. The lowest BCUT2D eigenvalue weighted by Crippen LogP contribution is -2.26. The fraction of sp³-hybridized carbons (Fsp3) is 0.312. The number of allylic oxidation sites excluding steroid dienone is 2. The fourth-order valence-corrected chi connectivity index (χ4v) is 2.46. The van der Waals surface area contributed by atoms with Gasteiger partial charge in [0.25, 0.3) is 0 Å². The fourth-order valence-electron chi connectivity index (χ4n) is 2.46. The van der Waals surface area contributed by atoms with Gasteiger partial charge in [-0.2, -0.15) is 0 Å². The number of para-hydroxylation sites is 1. The Morgan fingerprint density at radius 3 is 2.63 bits per heavy atom. The molecule has 0 saturated carbocycles. The molecule has 19 heavy (non-hydrogen) atoms. The number of hydrogen-bond acceptors (Lipinski definition) is 2. The van der Waals surface area contributed by atoms with E-state index in [-0.39, 0.29) is 5.41 Å². The maximum absolute atomic E-state index is 11.1.